The quantitative estimate of drug-likeness (QED) is 0.298. The van der Waals surface area contributed by atoms with Crippen molar-refractivity contribution in [2.24, 2.45) is 10.9 Å². The first-order valence-corrected chi connectivity index (χ1v) is 5.74. The number of nitrogens with two attached hydrogens (primary N) is 1. The van der Waals surface area contributed by atoms with Crippen molar-refractivity contribution >= 4 is 11.4 Å². The summed E-state index contributed by atoms with van der Waals surface area (Å²) in [5.41, 5.74) is 5.01. The fourth-order valence-corrected chi connectivity index (χ4v) is 2.20. The van der Waals surface area contributed by atoms with Gasteiger partial charge in [0.1, 0.15) is 5.69 Å². The topological polar surface area (TPSA) is 38.4 Å². The largest absolute Gasteiger partial charge is 1.00 e. The third-order valence-electron chi connectivity index (χ3n) is 3.19. The van der Waals surface area contributed by atoms with Gasteiger partial charge in [0.15, 0.2) is 0 Å². The molecule has 1 aromatic rings. The van der Waals surface area contributed by atoms with Crippen LogP contribution in [-0.2, 0) is 6.42 Å². The third-order valence-corrected chi connectivity index (χ3v) is 3.19. The van der Waals surface area contributed by atoms with Crippen LogP contribution >= 0.6 is 0 Å². The Morgan fingerprint density at radius 3 is 2.47 bits per heavy atom. The highest BCUT2D eigenvalue weighted by Crippen LogP contribution is 2.27. The molecular formula is C13H20IN3. The number of hydrogen-bond acceptors (Lipinski definition) is 2. The van der Waals surface area contributed by atoms with Crippen molar-refractivity contribution in [3.63, 3.8) is 0 Å². The molecular weight excluding hydrogens is 325 g/mol. The molecule has 0 aliphatic heterocycles. The van der Waals surface area contributed by atoms with Crippen LogP contribution in [0.2, 0.25) is 0 Å². The van der Waals surface area contributed by atoms with Gasteiger partial charge in [0.05, 0.1) is 26.9 Å². The second-order valence-corrected chi connectivity index (χ2v) is 5.28. The van der Waals surface area contributed by atoms with E-state index in [2.05, 4.69) is 44.4 Å². The van der Waals surface area contributed by atoms with E-state index < -0.39 is 0 Å². The van der Waals surface area contributed by atoms with Gasteiger partial charge in [-0.15, -0.1) is 0 Å². The Morgan fingerprint density at radius 2 is 1.88 bits per heavy atom. The second kappa shape index (κ2) is 5.35. The predicted octanol–water partition coefficient (Wildman–Crippen LogP) is -1.11. The van der Waals surface area contributed by atoms with Crippen molar-refractivity contribution in [2.75, 3.05) is 21.1 Å². The van der Waals surface area contributed by atoms with Gasteiger partial charge in [0.25, 0.3) is 0 Å². The molecule has 0 radical (unpaired) electrons. The van der Waals surface area contributed by atoms with Crippen LogP contribution in [0.25, 0.3) is 0 Å². The standard InChI is InChI=1S/C13H20N3.HI/c1-16(2,3)11-7-8-12-10(9-11)5-4-6-13(12)15-14;/h7-9H,4-6,14H2,1-3H3;1H/q+1;/p-1/b15-13+;. The molecule has 3 nitrogen and oxygen atoms in total. The Morgan fingerprint density at radius 1 is 1.18 bits per heavy atom. The minimum Gasteiger partial charge on any atom is -1.00 e. The summed E-state index contributed by atoms with van der Waals surface area (Å²) in [6, 6.07) is 6.63. The van der Waals surface area contributed by atoms with Crippen molar-refractivity contribution in [1.29, 1.82) is 0 Å². The maximum Gasteiger partial charge on any atom is 0.132 e. The number of hydrazone groups is 1. The van der Waals surface area contributed by atoms with Crippen LogP contribution in [-0.4, -0.2) is 26.9 Å². The summed E-state index contributed by atoms with van der Waals surface area (Å²) in [6.45, 7) is 0. The Hall–Kier alpha value is -0.620. The summed E-state index contributed by atoms with van der Waals surface area (Å²) >= 11 is 0. The van der Waals surface area contributed by atoms with Gasteiger partial charge in [-0.25, -0.2) is 0 Å². The lowest BCUT2D eigenvalue weighted by Crippen LogP contribution is -3.00. The van der Waals surface area contributed by atoms with E-state index in [0.29, 0.717) is 0 Å². The molecule has 2 N–H and O–H groups in total. The number of quaternary nitrogens is 1. The third kappa shape index (κ3) is 2.98. The Labute approximate surface area is 120 Å². The monoisotopic (exact) mass is 345 g/mol. The molecule has 0 amide bonds. The average Bonchev–Trinajstić information content (AvgIpc) is 2.26. The highest BCUT2D eigenvalue weighted by atomic mass is 127. The van der Waals surface area contributed by atoms with Gasteiger partial charge in [-0.3, -0.25) is 4.48 Å². The average molecular weight is 345 g/mol. The van der Waals surface area contributed by atoms with Gasteiger partial charge in [-0.05, 0) is 37.0 Å². The lowest BCUT2D eigenvalue weighted by atomic mass is 9.89. The fraction of sp³-hybridized carbons (Fsp3) is 0.462. The molecule has 94 valence electrons. The van der Waals surface area contributed by atoms with E-state index >= 15 is 0 Å². The molecule has 0 spiro atoms. The summed E-state index contributed by atoms with van der Waals surface area (Å²) in [5.74, 6) is 5.43. The van der Waals surface area contributed by atoms with Crippen molar-refractivity contribution in [3.05, 3.63) is 29.3 Å². The zero-order valence-electron chi connectivity index (χ0n) is 10.7. The number of halogens is 1. The van der Waals surface area contributed by atoms with Crippen LogP contribution in [0.4, 0.5) is 5.69 Å². The van der Waals surface area contributed by atoms with E-state index in [1.807, 2.05) is 0 Å². The van der Waals surface area contributed by atoms with E-state index in [9.17, 15) is 0 Å². The van der Waals surface area contributed by atoms with E-state index in [1.165, 1.54) is 16.8 Å². The summed E-state index contributed by atoms with van der Waals surface area (Å²) in [5, 5.41) is 3.89. The van der Waals surface area contributed by atoms with E-state index in [0.717, 1.165) is 29.5 Å². The van der Waals surface area contributed by atoms with Gasteiger partial charge < -0.3 is 29.8 Å². The highest BCUT2D eigenvalue weighted by Gasteiger charge is 2.19. The second-order valence-electron chi connectivity index (χ2n) is 5.28. The summed E-state index contributed by atoms with van der Waals surface area (Å²) in [7, 11) is 6.55. The minimum absolute atomic E-state index is 0. The van der Waals surface area contributed by atoms with Gasteiger partial charge in [0.2, 0.25) is 0 Å². The van der Waals surface area contributed by atoms with Crippen molar-refractivity contribution in [2.45, 2.75) is 19.3 Å². The van der Waals surface area contributed by atoms with Crippen LogP contribution in [0, 0.1) is 0 Å². The number of nitrogens with zero attached hydrogens (tertiary/aromatic N) is 2. The van der Waals surface area contributed by atoms with Crippen LogP contribution in [0.5, 0.6) is 0 Å². The Kier molecular flexibility index (Phi) is 4.55. The molecule has 2 rings (SSSR count). The molecule has 0 saturated carbocycles. The fourth-order valence-electron chi connectivity index (χ4n) is 2.20. The molecule has 0 bridgehead atoms. The molecule has 0 unspecified atom stereocenters. The first-order chi connectivity index (χ1) is 7.52. The van der Waals surface area contributed by atoms with E-state index in [-0.39, 0.29) is 24.0 Å². The molecule has 0 atom stereocenters. The number of fused-ring (bicyclic) bond motifs is 1. The van der Waals surface area contributed by atoms with Gasteiger partial charge in [-0.1, -0.05) is 0 Å². The number of benzene rings is 1. The zero-order valence-corrected chi connectivity index (χ0v) is 12.9. The lowest BCUT2D eigenvalue weighted by Gasteiger charge is -2.26. The summed E-state index contributed by atoms with van der Waals surface area (Å²) < 4.78 is 0.850. The zero-order chi connectivity index (χ0) is 11.8. The number of rotatable bonds is 1. The smallest absolute Gasteiger partial charge is 0.132 e. The molecule has 0 aromatic heterocycles. The van der Waals surface area contributed by atoms with E-state index in [4.69, 9.17) is 5.84 Å². The normalized spacial score (nSPS) is 17.5. The first kappa shape index (κ1) is 14.4. The maximum absolute atomic E-state index is 5.43. The summed E-state index contributed by atoms with van der Waals surface area (Å²) in [6.07, 6.45) is 3.30. The van der Waals surface area contributed by atoms with E-state index in [1.54, 1.807) is 0 Å². The first-order valence-electron chi connectivity index (χ1n) is 5.74. The Bertz CT molecular complexity index is 433. The summed E-state index contributed by atoms with van der Waals surface area (Å²) in [4.78, 5) is 0. The molecule has 0 heterocycles. The molecule has 1 aliphatic rings. The SMILES string of the molecule is C[N+](C)(C)c1ccc2c(c1)CCC/C2=N\N.[I-]. The van der Waals surface area contributed by atoms with Crippen molar-refractivity contribution in [3.8, 4) is 0 Å². The maximum atomic E-state index is 5.43. The van der Waals surface area contributed by atoms with Gasteiger partial charge >= 0.3 is 0 Å². The van der Waals surface area contributed by atoms with Crippen LogP contribution < -0.4 is 34.3 Å². The molecule has 0 fully saturated rings. The highest BCUT2D eigenvalue weighted by molar-refractivity contribution is 6.02. The number of aryl methyl sites for hydroxylation is 1. The van der Waals surface area contributed by atoms with Crippen LogP contribution in [0.3, 0.4) is 0 Å². The van der Waals surface area contributed by atoms with Crippen molar-refractivity contribution in [1.82, 2.24) is 4.48 Å². The molecule has 1 aliphatic carbocycles. The van der Waals surface area contributed by atoms with Crippen LogP contribution in [0.15, 0.2) is 23.3 Å². The molecule has 17 heavy (non-hydrogen) atoms. The predicted molar refractivity (Wildman–Crippen MR) is 69.7 cm³/mol. The van der Waals surface area contributed by atoms with Crippen molar-refractivity contribution < 1.29 is 24.0 Å². The Balaban J connectivity index is 0.00000144. The number of hydrogen-bond donors (Lipinski definition) is 1. The molecule has 1 aromatic carbocycles. The van der Waals surface area contributed by atoms with Gasteiger partial charge in [-0.2, -0.15) is 5.10 Å². The minimum atomic E-state index is 0. The van der Waals surface area contributed by atoms with Crippen LogP contribution in [0.1, 0.15) is 24.0 Å². The molecule has 0 saturated heterocycles. The van der Waals surface area contributed by atoms with Gasteiger partial charge in [0, 0.05) is 11.6 Å². The lowest BCUT2D eigenvalue weighted by molar-refractivity contribution is -0.00000367. The molecule has 4 heteroatoms.